The lowest BCUT2D eigenvalue weighted by Gasteiger charge is -2.23. The average Bonchev–Trinajstić information content (AvgIpc) is 2.94. The highest BCUT2D eigenvalue weighted by molar-refractivity contribution is 5.24. The molecule has 0 atom stereocenters. The number of hydrogen-bond acceptors (Lipinski definition) is 4. The van der Waals surface area contributed by atoms with Gasteiger partial charge >= 0.3 is 0 Å². The first-order valence-corrected chi connectivity index (χ1v) is 6.70. The van der Waals surface area contributed by atoms with E-state index in [2.05, 4.69) is 20.2 Å². The summed E-state index contributed by atoms with van der Waals surface area (Å²) in [5.41, 5.74) is 0.405. The summed E-state index contributed by atoms with van der Waals surface area (Å²) in [5, 5.41) is 3.23. The molecular formula is C13H19FN4. The zero-order valence-electron chi connectivity index (χ0n) is 10.5. The minimum absolute atomic E-state index is 0.390. The lowest BCUT2D eigenvalue weighted by molar-refractivity contribution is 0.271. The van der Waals surface area contributed by atoms with Crippen LogP contribution in [0.2, 0.25) is 0 Å². The lowest BCUT2D eigenvalue weighted by Crippen LogP contribution is -2.32. The number of aromatic nitrogens is 2. The maximum atomic E-state index is 12.7. The molecule has 1 N–H and O–H groups in total. The van der Waals surface area contributed by atoms with Crippen molar-refractivity contribution in [3.63, 3.8) is 0 Å². The van der Waals surface area contributed by atoms with Gasteiger partial charge in [-0.05, 0) is 38.8 Å². The van der Waals surface area contributed by atoms with Crippen LogP contribution < -0.4 is 5.32 Å². The minimum Gasteiger partial charge on any atom is -0.354 e. The van der Waals surface area contributed by atoms with Crippen molar-refractivity contribution in [2.75, 3.05) is 31.5 Å². The van der Waals surface area contributed by atoms with Gasteiger partial charge in [0.25, 0.3) is 0 Å². The highest BCUT2D eigenvalue weighted by atomic mass is 19.1. The molecule has 1 saturated carbocycles. The van der Waals surface area contributed by atoms with Gasteiger partial charge in [0.05, 0.1) is 12.4 Å². The van der Waals surface area contributed by atoms with Crippen molar-refractivity contribution in [3.8, 4) is 0 Å². The summed E-state index contributed by atoms with van der Waals surface area (Å²) in [6, 6.07) is 0. The Morgan fingerprint density at radius 2 is 1.89 bits per heavy atom. The molecule has 0 radical (unpaired) electrons. The fourth-order valence-corrected chi connectivity index (χ4v) is 2.65. The molecule has 1 aromatic rings. The van der Waals surface area contributed by atoms with Crippen LogP contribution in [-0.4, -0.2) is 41.0 Å². The number of likely N-dealkylation sites (tertiary alicyclic amines) is 1. The van der Waals surface area contributed by atoms with E-state index in [0.29, 0.717) is 11.4 Å². The normalized spacial score (nSPS) is 22.1. The first-order valence-electron chi connectivity index (χ1n) is 6.70. The van der Waals surface area contributed by atoms with Gasteiger partial charge < -0.3 is 10.2 Å². The van der Waals surface area contributed by atoms with E-state index in [1.807, 2.05) is 0 Å². The van der Waals surface area contributed by atoms with E-state index in [1.54, 1.807) is 0 Å². The molecule has 3 rings (SSSR count). The number of nitrogens with zero attached hydrogens (tertiary/aromatic N) is 3. The second-order valence-electron chi connectivity index (χ2n) is 5.56. The molecule has 5 heteroatoms. The van der Waals surface area contributed by atoms with Gasteiger partial charge in [0.2, 0.25) is 5.95 Å². The maximum absolute atomic E-state index is 12.7. The molecule has 0 unspecified atom stereocenters. The van der Waals surface area contributed by atoms with Crippen molar-refractivity contribution in [1.29, 1.82) is 0 Å². The van der Waals surface area contributed by atoms with Crippen LogP contribution in [0.1, 0.15) is 25.7 Å². The van der Waals surface area contributed by atoms with Crippen molar-refractivity contribution in [3.05, 3.63) is 18.2 Å². The standard InChI is InChI=1S/C13H19FN4/c14-11-7-15-12(16-8-11)17-9-13(3-4-13)10-18-5-1-2-6-18/h7-8H,1-6,9-10H2,(H,15,16,17). The third-order valence-corrected chi connectivity index (χ3v) is 3.96. The predicted octanol–water partition coefficient (Wildman–Crippen LogP) is 1.90. The highest BCUT2D eigenvalue weighted by Gasteiger charge is 2.44. The van der Waals surface area contributed by atoms with Gasteiger partial charge in [0.1, 0.15) is 0 Å². The number of anilines is 1. The zero-order chi connectivity index (χ0) is 12.4. The largest absolute Gasteiger partial charge is 0.354 e. The molecule has 0 aromatic carbocycles. The van der Waals surface area contributed by atoms with Crippen LogP contribution in [0.25, 0.3) is 0 Å². The molecular weight excluding hydrogens is 231 g/mol. The Labute approximate surface area is 107 Å². The van der Waals surface area contributed by atoms with E-state index in [0.717, 1.165) is 6.54 Å². The number of rotatable bonds is 5. The minimum atomic E-state index is -0.390. The topological polar surface area (TPSA) is 41.1 Å². The Bertz CT molecular complexity index is 396. The molecule has 0 bridgehead atoms. The fraction of sp³-hybridized carbons (Fsp3) is 0.692. The Morgan fingerprint density at radius 1 is 1.22 bits per heavy atom. The second kappa shape index (κ2) is 4.80. The van der Waals surface area contributed by atoms with Crippen molar-refractivity contribution >= 4 is 5.95 Å². The third-order valence-electron chi connectivity index (χ3n) is 3.96. The molecule has 0 amide bonds. The van der Waals surface area contributed by atoms with E-state index in [9.17, 15) is 4.39 Å². The zero-order valence-corrected chi connectivity index (χ0v) is 10.5. The summed E-state index contributed by atoms with van der Waals surface area (Å²) in [6.45, 7) is 4.57. The van der Waals surface area contributed by atoms with Crippen LogP contribution in [0, 0.1) is 11.2 Å². The van der Waals surface area contributed by atoms with Crippen molar-refractivity contribution in [2.45, 2.75) is 25.7 Å². The van der Waals surface area contributed by atoms with Gasteiger partial charge in [-0.15, -0.1) is 0 Å². The van der Waals surface area contributed by atoms with Gasteiger partial charge in [0, 0.05) is 18.5 Å². The number of halogens is 1. The molecule has 2 aliphatic rings. The molecule has 98 valence electrons. The maximum Gasteiger partial charge on any atom is 0.222 e. The van der Waals surface area contributed by atoms with Gasteiger partial charge in [0.15, 0.2) is 5.82 Å². The Balaban J connectivity index is 1.51. The predicted molar refractivity (Wildman–Crippen MR) is 67.8 cm³/mol. The quantitative estimate of drug-likeness (QED) is 0.866. The van der Waals surface area contributed by atoms with E-state index in [-0.39, 0.29) is 0 Å². The molecule has 1 aromatic heterocycles. The summed E-state index contributed by atoms with van der Waals surface area (Å²) in [5.74, 6) is 0.142. The number of nitrogens with one attached hydrogen (secondary N) is 1. The first kappa shape index (κ1) is 11.8. The number of hydrogen-bond donors (Lipinski definition) is 1. The monoisotopic (exact) mass is 250 g/mol. The molecule has 2 fully saturated rings. The summed E-state index contributed by atoms with van der Waals surface area (Å²) >= 11 is 0. The summed E-state index contributed by atoms with van der Waals surface area (Å²) in [4.78, 5) is 10.4. The Morgan fingerprint density at radius 3 is 2.50 bits per heavy atom. The van der Waals surface area contributed by atoms with Gasteiger partial charge in [-0.1, -0.05) is 0 Å². The van der Waals surface area contributed by atoms with Crippen LogP contribution in [0.5, 0.6) is 0 Å². The van der Waals surface area contributed by atoms with Crippen molar-refractivity contribution in [2.24, 2.45) is 5.41 Å². The van der Waals surface area contributed by atoms with Crippen LogP contribution in [0.15, 0.2) is 12.4 Å². The molecule has 1 aliphatic carbocycles. The Hall–Kier alpha value is -1.23. The smallest absolute Gasteiger partial charge is 0.222 e. The average molecular weight is 250 g/mol. The lowest BCUT2D eigenvalue weighted by atomic mass is 10.1. The van der Waals surface area contributed by atoms with E-state index in [4.69, 9.17) is 0 Å². The molecule has 0 spiro atoms. The first-order chi connectivity index (χ1) is 8.76. The molecule has 2 heterocycles. The Kier molecular flexibility index (Phi) is 3.16. The van der Waals surface area contributed by atoms with Gasteiger partial charge in [-0.25, -0.2) is 14.4 Å². The molecule has 1 saturated heterocycles. The second-order valence-corrected chi connectivity index (χ2v) is 5.56. The SMILES string of the molecule is Fc1cnc(NCC2(CN3CCCC3)CC2)nc1. The van der Waals surface area contributed by atoms with Crippen LogP contribution in [0.4, 0.5) is 10.3 Å². The highest BCUT2D eigenvalue weighted by Crippen LogP contribution is 2.46. The van der Waals surface area contributed by atoms with Crippen LogP contribution >= 0.6 is 0 Å². The molecule has 1 aliphatic heterocycles. The van der Waals surface area contributed by atoms with Crippen molar-refractivity contribution < 1.29 is 4.39 Å². The molecule has 18 heavy (non-hydrogen) atoms. The van der Waals surface area contributed by atoms with Crippen LogP contribution in [-0.2, 0) is 0 Å². The summed E-state index contributed by atoms with van der Waals surface area (Å²) in [6.07, 6.45) is 7.63. The van der Waals surface area contributed by atoms with Crippen molar-refractivity contribution in [1.82, 2.24) is 14.9 Å². The molecule has 4 nitrogen and oxygen atoms in total. The fourth-order valence-electron chi connectivity index (χ4n) is 2.65. The van der Waals surface area contributed by atoms with Crippen LogP contribution in [0.3, 0.4) is 0 Å². The third kappa shape index (κ3) is 2.77. The van der Waals surface area contributed by atoms with Gasteiger partial charge in [-0.2, -0.15) is 0 Å². The van der Waals surface area contributed by atoms with E-state index in [1.165, 1.54) is 57.7 Å². The van der Waals surface area contributed by atoms with Gasteiger partial charge in [-0.3, -0.25) is 0 Å². The summed E-state index contributed by atoms with van der Waals surface area (Å²) < 4.78 is 12.7. The van der Waals surface area contributed by atoms with E-state index < -0.39 is 5.82 Å². The van der Waals surface area contributed by atoms with E-state index >= 15 is 0 Å². The summed E-state index contributed by atoms with van der Waals surface area (Å²) in [7, 11) is 0.